The van der Waals surface area contributed by atoms with Gasteiger partial charge >= 0.3 is 0 Å². The molecule has 19 heavy (non-hydrogen) atoms. The summed E-state index contributed by atoms with van der Waals surface area (Å²) < 4.78 is 5.88. The summed E-state index contributed by atoms with van der Waals surface area (Å²) in [5.74, 6) is -0.0144. The summed E-state index contributed by atoms with van der Waals surface area (Å²) in [6.07, 6.45) is 0.902. The first-order chi connectivity index (χ1) is 8.99. The molecular formula is C14H21BrN2O2. The molecule has 4 nitrogen and oxygen atoms in total. The summed E-state index contributed by atoms with van der Waals surface area (Å²) in [7, 11) is 1.64. The van der Waals surface area contributed by atoms with Gasteiger partial charge in [-0.15, -0.1) is 0 Å². The highest BCUT2D eigenvalue weighted by Crippen LogP contribution is 2.19. The molecule has 106 valence electrons. The largest absolute Gasteiger partial charge is 0.399 e. The molecule has 0 bridgehead atoms. The van der Waals surface area contributed by atoms with Gasteiger partial charge in [0.2, 0.25) is 0 Å². The highest BCUT2D eigenvalue weighted by atomic mass is 79.9. The van der Waals surface area contributed by atoms with Crippen LogP contribution in [0.4, 0.5) is 5.69 Å². The Hall–Kier alpha value is -1.07. The second-order valence-electron chi connectivity index (χ2n) is 4.52. The zero-order valence-corrected chi connectivity index (χ0v) is 13.2. The van der Waals surface area contributed by atoms with Crippen LogP contribution < -0.4 is 5.73 Å². The maximum Gasteiger partial charge on any atom is 0.254 e. The number of benzene rings is 1. The molecule has 0 heterocycles. The quantitative estimate of drug-likeness (QED) is 0.817. The summed E-state index contributed by atoms with van der Waals surface area (Å²) in [6, 6.07) is 5.44. The van der Waals surface area contributed by atoms with Crippen molar-refractivity contribution in [3.8, 4) is 0 Å². The van der Waals surface area contributed by atoms with E-state index in [9.17, 15) is 4.79 Å². The molecular weight excluding hydrogens is 308 g/mol. The van der Waals surface area contributed by atoms with E-state index >= 15 is 0 Å². The van der Waals surface area contributed by atoms with Crippen LogP contribution in [-0.2, 0) is 4.74 Å². The minimum absolute atomic E-state index is 0.0144. The number of hydrogen-bond donors (Lipinski definition) is 1. The van der Waals surface area contributed by atoms with Crippen molar-refractivity contribution in [2.45, 2.75) is 26.3 Å². The minimum atomic E-state index is -0.0144. The predicted molar refractivity (Wildman–Crippen MR) is 81.2 cm³/mol. The Labute approximate surface area is 123 Å². The van der Waals surface area contributed by atoms with Crippen LogP contribution in [0, 0.1) is 0 Å². The predicted octanol–water partition coefficient (Wildman–Crippen LogP) is 2.92. The van der Waals surface area contributed by atoms with Gasteiger partial charge in [-0.1, -0.05) is 22.9 Å². The van der Waals surface area contributed by atoms with E-state index in [1.807, 2.05) is 11.8 Å². The molecule has 1 rings (SSSR count). The Morgan fingerprint density at radius 3 is 2.68 bits per heavy atom. The number of anilines is 1. The lowest BCUT2D eigenvalue weighted by Crippen LogP contribution is -2.40. The molecule has 0 saturated carbocycles. The molecule has 0 saturated heterocycles. The zero-order chi connectivity index (χ0) is 14.4. The van der Waals surface area contributed by atoms with Crippen LogP contribution in [0.1, 0.15) is 30.6 Å². The summed E-state index contributed by atoms with van der Waals surface area (Å²) in [6.45, 7) is 5.21. The van der Waals surface area contributed by atoms with Gasteiger partial charge in [-0.25, -0.2) is 0 Å². The maximum atomic E-state index is 12.5. The van der Waals surface area contributed by atoms with Gasteiger partial charge in [-0.3, -0.25) is 4.79 Å². The Kier molecular flexibility index (Phi) is 6.31. The number of nitrogens with two attached hydrogens (primary N) is 1. The van der Waals surface area contributed by atoms with Crippen molar-refractivity contribution in [1.82, 2.24) is 4.90 Å². The van der Waals surface area contributed by atoms with Gasteiger partial charge in [0, 0.05) is 35.4 Å². The number of carbonyl (C=O) groups excluding carboxylic acids is 1. The molecule has 0 spiro atoms. The third-order valence-electron chi connectivity index (χ3n) is 3.09. The topological polar surface area (TPSA) is 55.6 Å². The van der Waals surface area contributed by atoms with E-state index in [2.05, 4.69) is 22.9 Å². The molecule has 2 N–H and O–H groups in total. The van der Waals surface area contributed by atoms with Crippen molar-refractivity contribution in [3.05, 3.63) is 28.2 Å². The number of amides is 1. The lowest BCUT2D eigenvalue weighted by molar-refractivity contribution is 0.0614. The number of halogens is 1. The standard InChI is InChI=1S/C14H21BrN2O2/c1-4-10(2)17(5-6-19-3)14(18)11-7-12(15)9-13(16)8-11/h7-10H,4-6,16H2,1-3H3. The second-order valence-corrected chi connectivity index (χ2v) is 5.44. The molecule has 0 aliphatic carbocycles. The number of hydrogen-bond acceptors (Lipinski definition) is 3. The van der Waals surface area contributed by atoms with Crippen molar-refractivity contribution in [1.29, 1.82) is 0 Å². The zero-order valence-electron chi connectivity index (χ0n) is 11.6. The highest BCUT2D eigenvalue weighted by molar-refractivity contribution is 9.10. The summed E-state index contributed by atoms with van der Waals surface area (Å²) >= 11 is 3.36. The van der Waals surface area contributed by atoms with Crippen LogP contribution in [0.25, 0.3) is 0 Å². The van der Waals surface area contributed by atoms with Crippen molar-refractivity contribution < 1.29 is 9.53 Å². The van der Waals surface area contributed by atoms with Crippen LogP contribution in [-0.4, -0.2) is 37.1 Å². The van der Waals surface area contributed by atoms with Gasteiger partial charge in [0.1, 0.15) is 0 Å². The fourth-order valence-corrected chi connectivity index (χ4v) is 2.34. The average Bonchev–Trinajstić information content (AvgIpc) is 2.37. The Morgan fingerprint density at radius 2 is 2.16 bits per heavy atom. The average molecular weight is 329 g/mol. The van der Waals surface area contributed by atoms with Gasteiger partial charge in [-0.05, 0) is 31.5 Å². The molecule has 1 atom stereocenters. The van der Waals surface area contributed by atoms with Crippen molar-refractivity contribution in [2.24, 2.45) is 0 Å². The molecule has 1 aromatic carbocycles. The normalized spacial score (nSPS) is 12.2. The SMILES string of the molecule is CCC(C)N(CCOC)C(=O)c1cc(N)cc(Br)c1. The number of nitrogens with zero attached hydrogens (tertiary/aromatic N) is 1. The van der Waals surface area contributed by atoms with Crippen LogP contribution >= 0.6 is 15.9 Å². The van der Waals surface area contributed by atoms with Crippen molar-refractivity contribution in [3.63, 3.8) is 0 Å². The van der Waals surface area contributed by atoms with Crippen LogP contribution in [0.15, 0.2) is 22.7 Å². The smallest absolute Gasteiger partial charge is 0.254 e. The van der Waals surface area contributed by atoms with E-state index in [1.165, 1.54) is 0 Å². The molecule has 5 heteroatoms. The van der Waals surface area contributed by atoms with E-state index < -0.39 is 0 Å². The first kappa shape index (κ1) is 16.0. The van der Waals surface area contributed by atoms with Crippen LogP contribution in [0.3, 0.4) is 0 Å². The highest BCUT2D eigenvalue weighted by Gasteiger charge is 2.20. The third-order valence-corrected chi connectivity index (χ3v) is 3.54. The molecule has 1 unspecified atom stereocenters. The summed E-state index contributed by atoms with van der Waals surface area (Å²) in [5.41, 5.74) is 6.96. The van der Waals surface area contributed by atoms with E-state index in [4.69, 9.17) is 10.5 Å². The van der Waals surface area contributed by atoms with E-state index in [0.717, 1.165) is 10.9 Å². The number of carbonyl (C=O) groups is 1. The van der Waals surface area contributed by atoms with Gasteiger partial charge in [-0.2, -0.15) is 0 Å². The number of methoxy groups -OCH3 is 1. The molecule has 0 radical (unpaired) electrons. The monoisotopic (exact) mass is 328 g/mol. The Bertz CT molecular complexity index is 417. The fourth-order valence-electron chi connectivity index (χ4n) is 1.83. The molecule has 1 aromatic rings. The number of ether oxygens (including phenoxy) is 1. The first-order valence-electron chi connectivity index (χ1n) is 6.35. The lowest BCUT2D eigenvalue weighted by Gasteiger charge is -2.28. The molecule has 0 aliphatic heterocycles. The number of nitrogen functional groups attached to an aromatic ring is 1. The first-order valence-corrected chi connectivity index (χ1v) is 7.14. The molecule has 0 fully saturated rings. The van der Waals surface area contributed by atoms with Crippen molar-refractivity contribution in [2.75, 3.05) is 26.0 Å². The second kappa shape index (κ2) is 7.50. The number of rotatable bonds is 6. The van der Waals surface area contributed by atoms with E-state index in [1.54, 1.807) is 25.3 Å². The van der Waals surface area contributed by atoms with Gasteiger partial charge in [0.25, 0.3) is 5.91 Å². The molecule has 0 aromatic heterocycles. The van der Waals surface area contributed by atoms with Gasteiger partial charge in [0.15, 0.2) is 0 Å². The maximum absolute atomic E-state index is 12.5. The molecule has 0 aliphatic rings. The van der Waals surface area contributed by atoms with Crippen LogP contribution in [0.5, 0.6) is 0 Å². The molecule has 1 amide bonds. The van der Waals surface area contributed by atoms with Crippen LogP contribution in [0.2, 0.25) is 0 Å². The van der Waals surface area contributed by atoms with E-state index in [-0.39, 0.29) is 11.9 Å². The van der Waals surface area contributed by atoms with E-state index in [0.29, 0.717) is 24.4 Å². The minimum Gasteiger partial charge on any atom is -0.399 e. The van der Waals surface area contributed by atoms with Gasteiger partial charge in [0.05, 0.1) is 6.61 Å². The lowest BCUT2D eigenvalue weighted by atomic mass is 10.1. The fraction of sp³-hybridized carbons (Fsp3) is 0.500. The third kappa shape index (κ3) is 4.51. The Balaban J connectivity index is 2.97. The van der Waals surface area contributed by atoms with Gasteiger partial charge < -0.3 is 15.4 Å². The van der Waals surface area contributed by atoms with Crippen molar-refractivity contribution >= 4 is 27.5 Å². The summed E-state index contributed by atoms with van der Waals surface area (Å²) in [4.78, 5) is 14.4. The Morgan fingerprint density at radius 1 is 1.47 bits per heavy atom. The summed E-state index contributed by atoms with van der Waals surface area (Å²) in [5, 5.41) is 0.